The van der Waals surface area contributed by atoms with Crippen molar-refractivity contribution in [2.24, 2.45) is 0 Å². The number of hydrogen-bond donors (Lipinski definition) is 0. The maximum atomic E-state index is 12.7. The summed E-state index contributed by atoms with van der Waals surface area (Å²) < 4.78 is 5.10. The molecule has 1 aliphatic rings. The average molecular weight is 356 g/mol. The summed E-state index contributed by atoms with van der Waals surface area (Å²) >= 11 is 0. The van der Waals surface area contributed by atoms with Gasteiger partial charge in [-0.3, -0.25) is 4.79 Å². The van der Waals surface area contributed by atoms with Crippen LogP contribution in [-0.2, 0) is 0 Å². The minimum atomic E-state index is -0.00973. The highest BCUT2D eigenvalue weighted by Crippen LogP contribution is 2.18. The number of piperazine rings is 1. The molecule has 0 saturated carbocycles. The average Bonchev–Trinajstić information content (AvgIpc) is 2.67. The van der Waals surface area contributed by atoms with Crippen LogP contribution in [0.5, 0.6) is 5.88 Å². The summed E-state index contributed by atoms with van der Waals surface area (Å²) in [5.74, 6) is 2.03. The van der Waals surface area contributed by atoms with Gasteiger partial charge in [0.1, 0.15) is 5.82 Å². The lowest BCUT2D eigenvalue weighted by Gasteiger charge is -2.35. The molecule has 1 fully saturated rings. The summed E-state index contributed by atoms with van der Waals surface area (Å²) in [6.45, 7) is 4.61. The molecule has 138 valence electrons. The van der Waals surface area contributed by atoms with E-state index in [1.165, 1.54) is 0 Å². The molecule has 3 rings (SSSR count). The summed E-state index contributed by atoms with van der Waals surface area (Å²) in [4.78, 5) is 31.8. The van der Waals surface area contributed by atoms with Gasteiger partial charge in [0.05, 0.1) is 7.11 Å². The summed E-state index contributed by atoms with van der Waals surface area (Å²) in [7, 11) is 5.47. The normalized spacial score (nSPS) is 14.3. The second-order valence-electron chi connectivity index (χ2n) is 6.43. The van der Waals surface area contributed by atoms with Crippen molar-refractivity contribution in [1.82, 2.24) is 19.9 Å². The fourth-order valence-corrected chi connectivity index (χ4v) is 2.85. The number of hydrogen-bond acceptors (Lipinski definition) is 7. The lowest BCUT2D eigenvalue weighted by Crippen LogP contribution is -2.49. The van der Waals surface area contributed by atoms with Crippen molar-refractivity contribution in [2.45, 2.75) is 6.92 Å². The number of ether oxygens (including phenoxy) is 1. The molecule has 1 aliphatic heterocycles. The molecule has 8 nitrogen and oxygen atoms in total. The predicted octanol–water partition coefficient (Wildman–Crippen LogP) is 1.22. The third kappa shape index (κ3) is 3.84. The van der Waals surface area contributed by atoms with E-state index in [0.717, 1.165) is 11.5 Å². The first-order chi connectivity index (χ1) is 12.5. The maximum absolute atomic E-state index is 12.7. The van der Waals surface area contributed by atoms with Crippen molar-refractivity contribution < 1.29 is 9.53 Å². The first-order valence-corrected chi connectivity index (χ1v) is 8.55. The van der Waals surface area contributed by atoms with Crippen LogP contribution in [0.4, 0.5) is 11.8 Å². The third-order valence-electron chi connectivity index (χ3n) is 4.33. The van der Waals surface area contributed by atoms with E-state index in [-0.39, 0.29) is 5.91 Å². The molecular formula is C18H24N6O2. The van der Waals surface area contributed by atoms with Gasteiger partial charge in [0.25, 0.3) is 5.91 Å². The van der Waals surface area contributed by atoms with E-state index >= 15 is 0 Å². The second kappa shape index (κ2) is 7.55. The van der Waals surface area contributed by atoms with Gasteiger partial charge in [-0.05, 0) is 13.0 Å². The lowest BCUT2D eigenvalue weighted by molar-refractivity contribution is 0.0745. The molecule has 0 unspecified atom stereocenters. The molecule has 0 spiro atoms. The Kier molecular flexibility index (Phi) is 5.20. The monoisotopic (exact) mass is 356 g/mol. The molecule has 0 bridgehead atoms. The van der Waals surface area contributed by atoms with Crippen LogP contribution >= 0.6 is 0 Å². The molecule has 2 aromatic rings. The molecule has 0 radical (unpaired) electrons. The van der Waals surface area contributed by atoms with E-state index in [9.17, 15) is 4.79 Å². The SMILES string of the molecule is COc1cc(C(=O)N2CCN(c3nc(C)cc(N(C)C)n3)CC2)ccn1. The zero-order chi connectivity index (χ0) is 18.7. The Balaban J connectivity index is 1.68. The summed E-state index contributed by atoms with van der Waals surface area (Å²) in [6, 6.07) is 5.34. The van der Waals surface area contributed by atoms with Crippen molar-refractivity contribution in [2.75, 3.05) is 57.2 Å². The lowest BCUT2D eigenvalue weighted by atomic mass is 10.2. The van der Waals surface area contributed by atoms with E-state index in [0.29, 0.717) is 43.6 Å². The number of anilines is 2. The Morgan fingerprint density at radius 2 is 1.88 bits per heavy atom. The smallest absolute Gasteiger partial charge is 0.254 e. The van der Waals surface area contributed by atoms with Gasteiger partial charge in [-0.2, -0.15) is 4.98 Å². The van der Waals surface area contributed by atoms with Crippen LogP contribution < -0.4 is 14.5 Å². The third-order valence-corrected chi connectivity index (χ3v) is 4.33. The van der Waals surface area contributed by atoms with E-state index in [2.05, 4.69) is 19.9 Å². The highest BCUT2D eigenvalue weighted by molar-refractivity contribution is 5.94. The van der Waals surface area contributed by atoms with Gasteiger partial charge < -0.3 is 19.4 Å². The number of aryl methyl sites for hydroxylation is 1. The summed E-state index contributed by atoms with van der Waals surface area (Å²) in [6.07, 6.45) is 1.59. The van der Waals surface area contributed by atoms with Gasteiger partial charge in [0.15, 0.2) is 0 Å². The van der Waals surface area contributed by atoms with Gasteiger partial charge in [0, 0.05) is 69.9 Å². The van der Waals surface area contributed by atoms with E-state index in [1.54, 1.807) is 25.4 Å². The Hall–Kier alpha value is -2.90. The number of nitrogens with zero attached hydrogens (tertiary/aromatic N) is 6. The molecule has 0 aromatic carbocycles. The molecule has 1 saturated heterocycles. The Morgan fingerprint density at radius 1 is 1.15 bits per heavy atom. The van der Waals surface area contributed by atoms with Crippen LogP contribution in [0.1, 0.15) is 16.1 Å². The van der Waals surface area contributed by atoms with Crippen molar-refractivity contribution in [3.8, 4) is 5.88 Å². The number of aromatic nitrogens is 3. The fourth-order valence-electron chi connectivity index (χ4n) is 2.85. The molecule has 2 aromatic heterocycles. The molecule has 8 heteroatoms. The molecule has 0 aliphatic carbocycles. The highest BCUT2D eigenvalue weighted by Gasteiger charge is 2.24. The fraction of sp³-hybridized carbons (Fsp3) is 0.444. The standard InChI is InChI=1S/C18H24N6O2/c1-13-11-15(22(2)3)21-18(20-13)24-9-7-23(8-10-24)17(25)14-5-6-19-16(12-14)26-4/h5-6,11-12H,7-10H2,1-4H3. The van der Waals surface area contributed by atoms with Crippen molar-refractivity contribution in [3.05, 3.63) is 35.7 Å². The number of methoxy groups -OCH3 is 1. The van der Waals surface area contributed by atoms with Gasteiger partial charge in [-0.15, -0.1) is 0 Å². The van der Waals surface area contributed by atoms with Crippen LogP contribution in [-0.4, -0.2) is 73.1 Å². The number of amides is 1. The minimum Gasteiger partial charge on any atom is -0.481 e. The molecule has 0 N–H and O–H groups in total. The zero-order valence-electron chi connectivity index (χ0n) is 15.6. The van der Waals surface area contributed by atoms with Gasteiger partial charge in [-0.1, -0.05) is 0 Å². The Morgan fingerprint density at radius 3 is 2.54 bits per heavy atom. The van der Waals surface area contributed by atoms with E-state index < -0.39 is 0 Å². The molecule has 3 heterocycles. The van der Waals surface area contributed by atoms with E-state index in [4.69, 9.17) is 4.74 Å². The molecular weight excluding hydrogens is 332 g/mol. The van der Waals surface area contributed by atoms with Crippen LogP contribution in [0.2, 0.25) is 0 Å². The van der Waals surface area contributed by atoms with Gasteiger partial charge in [-0.25, -0.2) is 9.97 Å². The molecule has 26 heavy (non-hydrogen) atoms. The number of rotatable bonds is 4. The number of pyridine rings is 1. The van der Waals surface area contributed by atoms with Crippen molar-refractivity contribution >= 4 is 17.7 Å². The van der Waals surface area contributed by atoms with Gasteiger partial charge >= 0.3 is 0 Å². The summed E-state index contributed by atoms with van der Waals surface area (Å²) in [5.41, 5.74) is 1.52. The number of carbonyl (C=O) groups is 1. The second-order valence-corrected chi connectivity index (χ2v) is 6.43. The first kappa shape index (κ1) is 17.9. The van der Waals surface area contributed by atoms with Crippen molar-refractivity contribution in [1.29, 1.82) is 0 Å². The first-order valence-electron chi connectivity index (χ1n) is 8.55. The molecule has 0 atom stereocenters. The minimum absolute atomic E-state index is 0.00973. The molecule has 1 amide bonds. The quantitative estimate of drug-likeness (QED) is 0.815. The zero-order valence-corrected chi connectivity index (χ0v) is 15.6. The predicted molar refractivity (Wildman–Crippen MR) is 100 cm³/mol. The topological polar surface area (TPSA) is 74.7 Å². The van der Waals surface area contributed by atoms with Crippen molar-refractivity contribution in [3.63, 3.8) is 0 Å². The summed E-state index contributed by atoms with van der Waals surface area (Å²) in [5, 5.41) is 0. The van der Waals surface area contributed by atoms with Crippen LogP contribution in [0.25, 0.3) is 0 Å². The van der Waals surface area contributed by atoms with E-state index in [1.807, 2.05) is 36.9 Å². The Bertz CT molecular complexity index is 787. The highest BCUT2D eigenvalue weighted by atomic mass is 16.5. The van der Waals surface area contributed by atoms with Gasteiger partial charge in [0.2, 0.25) is 11.8 Å². The maximum Gasteiger partial charge on any atom is 0.254 e. The Labute approximate surface area is 153 Å². The number of carbonyl (C=O) groups excluding carboxylic acids is 1. The van der Waals surface area contributed by atoms with Crippen LogP contribution in [0.3, 0.4) is 0 Å². The largest absolute Gasteiger partial charge is 0.481 e. The van der Waals surface area contributed by atoms with Crippen LogP contribution in [0.15, 0.2) is 24.4 Å². The van der Waals surface area contributed by atoms with Crippen LogP contribution in [0, 0.1) is 6.92 Å².